The normalized spacial score (nSPS) is 11.5. The van der Waals surface area contributed by atoms with Gasteiger partial charge in [0.05, 0.1) is 28.5 Å². The summed E-state index contributed by atoms with van der Waals surface area (Å²) in [5.74, 6) is -1.73. The van der Waals surface area contributed by atoms with Gasteiger partial charge in [-0.2, -0.15) is 4.99 Å². The number of nitrogens with zero attached hydrogens (tertiary/aromatic N) is 2. The molecule has 0 atom stereocenters. The highest BCUT2D eigenvalue weighted by molar-refractivity contribution is 7.16. The molecule has 1 amide bonds. The highest BCUT2D eigenvalue weighted by Crippen LogP contribution is 2.20. The highest BCUT2D eigenvalue weighted by Gasteiger charge is 2.13. The van der Waals surface area contributed by atoms with E-state index >= 15 is 0 Å². The summed E-state index contributed by atoms with van der Waals surface area (Å²) in [6, 6.07) is 10.8. The van der Waals surface area contributed by atoms with Crippen LogP contribution >= 0.6 is 11.3 Å². The quantitative estimate of drug-likeness (QED) is 0.521. The molecule has 5 nitrogen and oxygen atoms in total. The molecule has 1 heterocycles. The molecule has 0 bridgehead atoms. The summed E-state index contributed by atoms with van der Waals surface area (Å²) < 4.78 is 21.1. The fourth-order valence-corrected chi connectivity index (χ4v) is 3.57. The molecule has 0 aliphatic rings. The van der Waals surface area contributed by atoms with Gasteiger partial charge in [-0.15, -0.1) is 6.58 Å². The van der Waals surface area contributed by atoms with Crippen molar-refractivity contribution < 1.29 is 18.7 Å². The number of carbonyl (C=O) groups excluding carboxylic acids is 2. The second kappa shape index (κ2) is 7.45. The van der Waals surface area contributed by atoms with Crippen molar-refractivity contribution in [3.63, 3.8) is 0 Å². The van der Waals surface area contributed by atoms with Gasteiger partial charge in [0.25, 0.3) is 5.91 Å². The van der Waals surface area contributed by atoms with Crippen LogP contribution in [-0.4, -0.2) is 23.6 Å². The molecule has 3 rings (SSSR count). The number of thiazole rings is 1. The Kier molecular flexibility index (Phi) is 5.09. The van der Waals surface area contributed by atoms with Crippen molar-refractivity contribution in [2.24, 2.45) is 4.99 Å². The Labute approximate surface area is 152 Å². The molecule has 0 fully saturated rings. The zero-order valence-corrected chi connectivity index (χ0v) is 14.8. The number of carbonyl (C=O) groups is 2. The van der Waals surface area contributed by atoms with Crippen molar-refractivity contribution in [1.29, 1.82) is 0 Å². The van der Waals surface area contributed by atoms with Crippen LogP contribution in [0.3, 0.4) is 0 Å². The van der Waals surface area contributed by atoms with Crippen LogP contribution in [0.1, 0.15) is 20.7 Å². The molecule has 1 aromatic heterocycles. The van der Waals surface area contributed by atoms with E-state index in [0.29, 0.717) is 16.9 Å². The summed E-state index contributed by atoms with van der Waals surface area (Å²) >= 11 is 1.23. The van der Waals surface area contributed by atoms with E-state index in [2.05, 4.69) is 11.6 Å². The van der Waals surface area contributed by atoms with Crippen LogP contribution in [0.5, 0.6) is 0 Å². The molecule has 0 saturated heterocycles. The number of hydrogen-bond donors (Lipinski definition) is 0. The maximum Gasteiger partial charge on any atom is 0.337 e. The molecule has 0 spiro atoms. The summed E-state index contributed by atoms with van der Waals surface area (Å²) in [5, 5.41) is 0. The number of esters is 1. The zero-order valence-electron chi connectivity index (χ0n) is 13.9. The van der Waals surface area contributed by atoms with Crippen molar-refractivity contribution in [3.05, 3.63) is 76.9 Å². The minimum atomic E-state index is -0.666. The van der Waals surface area contributed by atoms with E-state index in [1.165, 1.54) is 36.6 Å². The lowest BCUT2D eigenvalue weighted by Gasteiger charge is -2.02. The van der Waals surface area contributed by atoms with E-state index in [9.17, 15) is 14.0 Å². The van der Waals surface area contributed by atoms with E-state index in [4.69, 9.17) is 4.74 Å². The van der Waals surface area contributed by atoms with Crippen LogP contribution in [0.25, 0.3) is 10.2 Å². The molecule has 7 heteroatoms. The van der Waals surface area contributed by atoms with Gasteiger partial charge in [0.15, 0.2) is 4.80 Å². The minimum Gasteiger partial charge on any atom is -0.465 e. The van der Waals surface area contributed by atoms with Crippen LogP contribution < -0.4 is 4.80 Å². The number of hydrogen-bond acceptors (Lipinski definition) is 4. The molecule has 0 unspecified atom stereocenters. The Morgan fingerprint density at radius 2 is 2.08 bits per heavy atom. The number of rotatable bonds is 4. The predicted molar refractivity (Wildman–Crippen MR) is 97.6 cm³/mol. The average Bonchev–Trinajstić information content (AvgIpc) is 2.98. The Bertz CT molecular complexity index is 1080. The van der Waals surface area contributed by atoms with Gasteiger partial charge in [0.2, 0.25) is 0 Å². The summed E-state index contributed by atoms with van der Waals surface area (Å²) in [5.41, 5.74) is 1.10. The van der Waals surface area contributed by atoms with Crippen LogP contribution in [0.4, 0.5) is 4.39 Å². The third-order valence-electron chi connectivity index (χ3n) is 3.72. The number of aromatic nitrogens is 1. The first-order valence-corrected chi connectivity index (χ1v) is 8.53. The van der Waals surface area contributed by atoms with Crippen LogP contribution in [-0.2, 0) is 11.3 Å². The lowest BCUT2D eigenvalue weighted by atomic mass is 10.2. The van der Waals surface area contributed by atoms with Gasteiger partial charge in [-0.1, -0.05) is 29.5 Å². The Hall–Kier alpha value is -3.06. The molecule has 26 heavy (non-hydrogen) atoms. The molecule has 0 aliphatic heterocycles. The molecule has 0 aliphatic carbocycles. The van der Waals surface area contributed by atoms with E-state index in [0.717, 1.165) is 10.2 Å². The molecular formula is C19H15FN2O3S. The number of methoxy groups -OCH3 is 1. The topological polar surface area (TPSA) is 60.7 Å². The highest BCUT2D eigenvalue weighted by atomic mass is 32.1. The summed E-state index contributed by atoms with van der Waals surface area (Å²) in [4.78, 5) is 28.6. The first-order valence-electron chi connectivity index (χ1n) is 7.71. The maximum absolute atomic E-state index is 13.8. The standard InChI is InChI=1S/C19H15FN2O3S/c1-3-10-22-15-9-8-12(18(24)25-2)11-16(15)26-19(22)21-17(23)13-6-4-5-7-14(13)20/h3-9,11H,1,10H2,2H3. The molecule has 0 saturated carbocycles. The Morgan fingerprint density at radius 3 is 2.77 bits per heavy atom. The van der Waals surface area contributed by atoms with Crippen molar-refractivity contribution in [1.82, 2.24) is 4.57 Å². The monoisotopic (exact) mass is 370 g/mol. The van der Waals surface area contributed by atoms with Gasteiger partial charge in [0.1, 0.15) is 5.82 Å². The number of benzene rings is 2. The number of halogens is 1. The van der Waals surface area contributed by atoms with Crippen LogP contribution in [0, 0.1) is 5.82 Å². The molecule has 2 aromatic carbocycles. The second-order valence-corrected chi connectivity index (χ2v) is 6.36. The summed E-state index contributed by atoms with van der Waals surface area (Å²) in [7, 11) is 1.31. The van der Waals surface area contributed by atoms with Gasteiger partial charge in [0, 0.05) is 6.54 Å². The van der Waals surface area contributed by atoms with E-state index < -0.39 is 17.7 Å². The van der Waals surface area contributed by atoms with Crippen LogP contribution in [0.2, 0.25) is 0 Å². The lowest BCUT2D eigenvalue weighted by molar-refractivity contribution is 0.0600. The van der Waals surface area contributed by atoms with E-state index in [1.54, 1.807) is 34.9 Å². The summed E-state index contributed by atoms with van der Waals surface area (Å²) in [6.07, 6.45) is 1.67. The maximum atomic E-state index is 13.8. The van der Waals surface area contributed by atoms with E-state index in [1.807, 2.05) is 0 Å². The first kappa shape index (κ1) is 17.8. The SMILES string of the molecule is C=CCn1c(=NC(=O)c2ccccc2F)sc2cc(C(=O)OC)ccc21. The van der Waals surface area contributed by atoms with Gasteiger partial charge in [-0.25, -0.2) is 9.18 Å². The first-order chi connectivity index (χ1) is 12.5. The second-order valence-electron chi connectivity index (χ2n) is 5.35. The Morgan fingerprint density at radius 1 is 1.31 bits per heavy atom. The van der Waals surface area contributed by atoms with Gasteiger partial charge in [-0.05, 0) is 30.3 Å². The lowest BCUT2D eigenvalue weighted by Crippen LogP contribution is -2.16. The number of allylic oxidation sites excluding steroid dienone is 1. The predicted octanol–water partition coefficient (Wildman–Crippen LogP) is 3.56. The molecule has 132 valence electrons. The smallest absolute Gasteiger partial charge is 0.337 e. The van der Waals surface area contributed by atoms with Crippen molar-refractivity contribution in [2.75, 3.05) is 7.11 Å². The van der Waals surface area contributed by atoms with Crippen molar-refractivity contribution >= 4 is 33.4 Å². The number of fused-ring (bicyclic) bond motifs is 1. The number of ether oxygens (including phenoxy) is 1. The van der Waals surface area contributed by atoms with E-state index in [-0.39, 0.29) is 5.56 Å². The van der Waals surface area contributed by atoms with Gasteiger partial charge < -0.3 is 9.30 Å². The molecule has 0 radical (unpaired) electrons. The summed E-state index contributed by atoms with van der Waals surface area (Å²) in [6.45, 7) is 4.13. The largest absolute Gasteiger partial charge is 0.465 e. The third-order valence-corrected chi connectivity index (χ3v) is 4.76. The third kappa shape index (κ3) is 3.34. The molecule has 0 N–H and O–H groups in total. The van der Waals surface area contributed by atoms with Gasteiger partial charge >= 0.3 is 5.97 Å². The fourth-order valence-electron chi connectivity index (χ4n) is 2.49. The Balaban J connectivity index is 2.16. The van der Waals surface area contributed by atoms with Crippen molar-refractivity contribution in [2.45, 2.75) is 6.54 Å². The van der Waals surface area contributed by atoms with Gasteiger partial charge in [-0.3, -0.25) is 4.79 Å². The number of amides is 1. The fraction of sp³-hybridized carbons (Fsp3) is 0.105. The molecule has 3 aromatic rings. The van der Waals surface area contributed by atoms with Crippen LogP contribution in [0.15, 0.2) is 60.1 Å². The van der Waals surface area contributed by atoms with Crippen molar-refractivity contribution in [3.8, 4) is 0 Å². The minimum absolute atomic E-state index is 0.0923. The average molecular weight is 370 g/mol. The molecular weight excluding hydrogens is 355 g/mol. The zero-order chi connectivity index (χ0) is 18.7.